The van der Waals surface area contributed by atoms with Gasteiger partial charge in [0.2, 0.25) is 0 Å². The third kappa shape index (κ3) is 5.90. The number of rotatable bonds is 4. The molecule has 4 nitrogen and oxygen atoms in total. The zero-order chi connectivity index (χ0) is 10.6. The number of ether oxygens (including phenoxy) is 1. The van der Waals surface area contributed by atoms with E-state index in [-0.39, 0.29) is 51.6 Å². The maximum atomic E-state index is 11.2. The first-order valence-corrected chi connectivity index (χ1v) is 4.07. The topological polar surface area (TPSA) is 60.4 Å². The quantitative estimate of drug-likeness (QED) is 0.421. The number of carbonyl (C=O) groups is 3. The number of ketones is 2. The van der Waals surface area contributed by atoms with Gasteiger partial charge in [-0.2, -0.15) is 0 Å². The second kappa shape index (κ2) is 7.57. The molecule has 0 fully saturated rings. The molecule has 0 saturated heterocycles. The predicted octanol–water partition coefficient (Wildman–Crippen LogP) is 0.351. The molecule has 14 heavy (non-hydrogen) atoms. The second-order valence-electron chi connectivity index (χ2n) is 3.14. The summed E-state index contributed by atoms with van der Waals surface area (Å²) in [7, 11) is 0. The molecule has 0 spiro atoms. The number of esters is 1. The molecule has 0 aromatic rings. The van der Waals surface area contributed by atoms with Crippen LogP contribution in [0.1, 0.15) is 27.7 Å². The average molecular weight is 274 g/mol. The van der Waals surface area contributed by atoms with Crippen LogP contribution < -0.4 is 0 Å². The van der Waals surface area contributed by atoms with Gasteiger partial charge in [-0.1, -0.05) is 0 Å². The third-order valence-electron chi connectivity index (χ3n) is 1.40. The molecule has 2 radical (unpaired) electrons. The van der Waals surface area contributed by atoms with Crippen LogP contribution in [0.4, 0.5) is 0 Å². The van der Waals surface area contributed by atoms with Gasteiger partial charge in [0.05, 0.1) is 6.10 Å². The molecule has 0 aliphatic carbocycles. The van der Waals surface area contributed by atoms with Crippen LogP contribution in [0.2, 0.25) is 0 Å². The van der Waals surface area contributed by atoms with E-state index >= 15 is 0 Å². The van der Waals surface area contributed by atoms with E-state index in [2.05, 4.69) is 0 Å². The summed E-state index contributed by atoms with van der Waals surface area (Å²) in [5.74, 6) is -2.95. The Morgan fingerprint density at radius 3 is 1.57 bits per heavy atom. The van der Waals surface area contributed by atoms with E-state index in [1.807, 2.05) is 0 Å². The molecule has 0 saturated carbocycles. The number of hydrogen-bond donors (Lipinski definition) is 0. The average Bonchev–Trinajstić information content (AvgIpc) is 1.81. The zero-order valence-corrected chi connectivity index (χ0v) is 12.5. The number of hydrogen-bond acceptors (Lipinski definition) is 4. The molecule has 0 aliphatic heterocycles. The molecule has 0 N–H and O–H groups in total. The Morgan fingerprint density at radius 2 is 1.36 bits per heavy atom. The summed E-state index contributed by atoms with van der Waals surface area (Å²) in [6.07, 6.45) is -0.311. The third-order valence-corrected chi connectivity index (χ3v) is 1.40. The van der Waals surface area contributed by atoms with Crippen molar-refractivity contribution < 1.29 is 19.1 Å². The van der Waals surface area contributed by atoms with Crippen LogP contribution >= 0.6 is 0 Å². The summed E-state index contributed by atoms with van der Waals surface area (Å²) in [5, 5.41) is 0. The fourth-order valence-corrected chi connectivity index (χ4v) is 0.919. The Morgan fingerprint density at radius 1 is 1.00 bits per heavy atom. The molecular weight excluding hydrogens is 260 g/mol. The molecule has 0 aliphatic rings. The van der Waals surface area contributed by atoms with Crippen LogP contribution in [-0.4, -0.2) is 69.1 Å². The smallest absolute Gasteiger partial charge is 0.324 e. The first-order chi connectivity index (χ1) is 5.86. The zero-order valence-electron chi connectivity index (χ0n) is 8.99. The van der Waals surface area contributed by atoms with Crippen molar-refractivity contribution in [2.45, 2.75) is 33.8 Å². The fraction of sp³-hybridized carbons (Fsp3) is 0.667. The molecule has 76 valence electrons. The summed E-state index contributed by atoms with van der Waals surface area (Å²) >= 11 is 0. The predicted molar refractivity (Wildman–Crippen MR) is 51.8 cm³/mol. The summed E-state index contributed by atoms with van der Waals surface area (Å²) in [5.41, 5.74) is 0. The van der Waals surface area contributed by atoms with Crippen LogP contribution in [0.25, 0.3) is 0 Å². The molecule has 0 aromatic heterocycles. The minimum atomic E-state index is -1.25. The van der Waals surface area contributed by atoms with E-state index in [1.54, 1.807) is 13.8 Å². The molecular formula is C9H14O4Sr. The SMILES string of the molecule is CC(=O)C(C(C)=O)C(=O)OC(C)C.[Sr]. The Labute approximate surface area is 121 Å². The second-order valence-corrected chi connectivity index (χ2v) is 3.14. The van der Waals surface area contributed by atoms with Crippen LogP contribution in [0.3, 0.4) is 0 Å². The van der Waals surface area contributed by atoms with Crippen LogP contribution in [0.15, 0.2) is 0 Å². The van der Waals surface area contributed by atoms with Crippen molar-refractivity contribution in [3.05, 3.63) is 0 Å². The van der Waals surface area contributed by atoms with Crippen molar-refractivity contribution in [3.8, 4) is 0 Å². The summed E-state index contributed by atoms with van der Waals surface area (Å²) < 4.78 is 4.75. The van der Waals surface area contributed by atoms with E-state index < -0.39 is 23.5 Å². The number of carbonyl (C=O) groups excluding carboxylic acids is 3. The van der Waals surface area contributed by atoms with Crippen LogP contribution in [0, 0.1) is 5.92 Å². The molecule has 5 heteroatoms. The van der Waals surface area contributed by atoms with Crippen molar-refractivity contribution >= 4 is 63.0 Å². The van der Waals surface area contributed by atoms with E-state index in [9.17, 15) is 14.4 Å². The van der Waals surface area contributed by atoms with Crippen LogP contribution in [0.5, 0.6) is 0 Å². The van der Waals surface area contributed by atoms with Gasteiger partial charge in [0, 0.05) is 45.5 Å². The maximum Gasteiger partial charge on any atom is 0.324 e. The minimum Gasteiger partial charge on any atom is -0.462 e. The monoisotopic (exact) mass is 274 g/mol. The van der Waals surface area contributed by atoms with E-state index in [1.165, 1.54) is 13.8 Å². The fourth-order valence-electron chi connectivity index (χ4n) is 0.919. The van der Waals surface area contributed by atoms with Gasteiger partial charge in [-0.25, -0.2) is 0 Å². The Hall–Kier alpha value is 0.291. The Bertz CT molecular complexity index is 221. The van der Waals surface area contributed by atoms with E-state index in [0.29, 0.717) is 0 Å². The van der Waals surface area contributed by atoms with Gasteiger partial charge < -0.3 is 4.74 Å². The van der Waals surface area contributed by atoms with Crippen molar-refractivity contribution in [1.29, 1.82) is 0 Å². The summed E-state index contributed by atoms with van der Waals surface area (Å²) in [6, 6.07) is 0. The maximum absolute atomic E-state index is 11.2. The molecule has 0 bridgehead atoms. The van der Waals surface area contributed by atoms with Gasteiger partial charge in [-0.3, -0.25) is 14.4 Å². The molecule has 0 heterocycles. The van der Waals surface area contributed by atoms with Gasteiger partial charge >= 0.3 is 5.97 Å². The largest absolute Gasteiger partial charge is 0.462 e. The van der Waals surface area contributed by atoms with E-state index in [0.717, 1.165) is 0 Å². The first-order valence-electron chi connectivity index (χ1n) is 4.07. The first kappa shape index (κ1) is 16.7. The van der Waals surface area contributed by atoms with Gasteiger partial charge in [0.1, 0.15) is 0 Å². The minimum absolute atomic E-state index is 0. The van der Waals surface area contributed by atoms with Crippen LogP contribution in [-0.2, 0) is 19.1 Å². The summed E-state index contributed by atoms with van der Waals surface area (Å²) in [4.78, 5) is 32.9. The van der Waals surface area contributed by atoms with Gasteiger partial charge in [0.15, 0.2) is 17.5 Å². The standard InChI is InChI=1S/C9H14O4.Sr/c1-5(2)13-9(12)8(6(3)10)7(4)11;/h5,8H,1-4H3;. The molecule has 0 amide bonds. The summed E-state index contributed by atoms with van der Waals surface area (Å²) in [6.45, 7) is 5.73. The van der Waals surface area contributed by atoms with Crippen molar-refractivity contribution in [2.24, 2.45) is 5.92 Å². The van der Waals surface area contributed by atoms with Crippen molar-refractivity contribution in [2.75, 3.05) is 0 Å². The van der Waals surface area contributed by atoms with Crippen molar-refractivity contribution in [1.82, 2.24) is 0 Å². The van der Waals surface area contributed by atoms with E-state index in [4.69, 9.17) is 4.74 Å². The van der Waals surface area contributed by atoms with Crippen molar-refractivity contribution in [3.63, 3.8) is 0 Å². The van der Waals surface area contributed by atoms with Gasteiger partial charge in [-0.05, 0) is 27.7 Å². The normalized spacial score (nSPS) is 9.57. The van der Waals surface area contributed by atoms with Gasteiger partial charge in [0.25, 0.3) is 0 Å². The molecule has 0 unspecified atom stereocenters. The Kier molecular flexibility index (Phi) is 9.03. The number of Topliss-reactive ketones (excluding diaryl/α,β-unsaturated/α-hetero) is 2. The molecule has 0 atom stereocenters. The molecule has 0 rings (SSSR count). The van der Waals surface area contributed by atoms with Gasteiger partial charge in [-0.15, -0.1) is 0 Å². The Balaban J connectivity index is 0. The molecule has 0 aromatic carbocycles.